The Morgan fingerprint density at radius 1 is 0.867 bits per heavy atom. The highest BCUT2D eigenvalue weighted by atomic mass is 14.9. The van der Waals surface area contributed by atoms with Crippen molar-refractivity contribution in [2.24, 2.45) is 0 Å². The average molecular weight is 200 g/mol. The highest BCUT2D eigenvalue weighted by Gasteiger charge is 1.99. The third-order valence-electron chi connectivity index (χ3n) is 2.03. The van der Waals surface area contributed by atoms with Crippen LogP contribution in [0.15, 0.2) is 24.8 Å². The first-order valence-electron chi connectivity index (χ1n) is 4.79. The molecule has 2 rings (SSSR count). The lowest BCUT2D eigenvalue weighted by Crippen LogP contribution is -1.98. The van der Waals surface area contributed by atoms with Gasteiger partial charge in [-0.25, -0.2) is 19.9 Å². The van der Waals surface area contributed by atoms with E-state index in [0.29, 0.717) is 6.42 Å². The van der Waals surface area contributed by atoms with E-state index in [9.17, 15) is 0 Å². The fourth-order valence-electron chi connectivity index (χ4n) is 1.20. The zero-order chi connectivity index (χ0) is 10.7. The van der Waals surface area contributed by atoms with Crippen molar-refractivity contribution in [3.05, 3.63) is 47.6 Å². The minimum Gasteiger partial charge on any atom is -0.241 e. The molecule has 2 aromatic rings. The molecule has 0 saturated carbocycles. The molecule has 0 saturated heterocycles. The van der Waals surface area contributed by atoms with Crippen LogP contribution in [0, 0.1) is 13.8 Å². The summed E-state index contributed by atoms with van der Waals surface area (Å²) < 4.78 is 0. The van der Waals surface area contributed by atoms with Crippen LogP contribution >= 0.6 is 0 Å². The third kappa shape index (κ3) is 2.56. The molecule has 0 bridgehead atoms. The van der Waals surface area contributed by atoms with E-state index in [1.54, 1.807) is 0 Å². The van der Waals surface area contributed by atoms with E-state index >= 15 is 0 Å². The second-order valence-corrected chi connectivity index (χ2v) is 3.49. The molecule has 76 valence electrons. The van der Waals surface area contributed by atoms with Gasteiger partial charge in [-0.2, -0.15) is 0 Å². The van der Waals surface area contributed by atoms with Gasteiger partial charge in [0, 0.05) is 31.2 Å². The first-order chi connectivity index (χ1) is 7.24. The van der Waals surface area contributed by atoms with E-state index in [1.807, 2.05) is 38.6 Å². The Kier molecular flexibility index (Phi) is 2.67. The van der Waals surface area contributed by atoms with Crippen molar-refractivity contribution in [1.82, 2.24) is 19.9 Å². The van der Waals surface area contributed by atoms with Crippen molar-refractivity contribution in [2.45, 2.75) is 20.3 Å². The summed E-state index contributed by atoms with van der Waals surface area (Å²) in [6.45, 7) is 3.84. The van der Waals surface area contributed by atoms with Crippen molar-refractivity contribution >= 4 is 0 Å². The highest BCUT2D eigenvalue weighted by Crippen LogP contribution is 2.03. The van der Waals surface area contributed by atoms with E-state index in [0.717, 1.165) is 22.8 Å². The lowest BCUT2D eigenvalue weighted by Gasteiger charge is -2.00. The Bertz CT molecular complexity index is 390. The van der Waals surface area contributed by atoms with Crippen molar-refractivity contribution in [2.75, 3.05) is 0 Å². The summed E-state index contributed by atoms with van der Waals surface area (Å²) in [7, 11) is 0. The molecule has 0 spiro atoms. The summed E-state index contributed by atoms with van der Waals surface area (Å²) in [5.74, 6) is 1.58. The molecule has 15 heavy (non-hydrogen) atoms. The molecule has 0 unspecified atom stereocenters. The zero-order valence-corrected chi connectivity index (χ0v) is 8.81. The predicted molar refractivity (Wildman–Crippen MR) is 56.3 cm³/mol. The maximum Gasteiger partial charge on any atom is 0.132 e. The molecule has 0 N–H and O–H groups in total. The summed E-state index contributed by atoms with van der Waals surface area (Å²) in [5, 5.41) is 0. The minimum atomic E-state index is 0.681. The summed E-state index contributed by atoms with van der Waals surface area (Å²) >= 11 is 0. The molecule has 2 aromatic heterocycles. The summed E-state index contributed by atoms with van der Waals surface area (Å²) in [6, 6.07) is 0. The molecule has 0 aliphatic heterocycles. The van der Waals surface area contributed by atoms with E-state index < -0.39 is 0 Å². The normalized spacial score (nSPS) is 10.3. The Hall–Kier alpha value is -1.84. The van der Waals surface area contributed by atoms with Crippen LogP contribution in [0.5, 0.6) is 0 Å². The molecule has 0 radical (unpaired) electrons. The van der Waals surface area contributed by atoms with Gasteiger partial charge >= 0.3 is 0 Å². The molecule has 0 atom stereocenters. The molecule has 4 nitrogen and oxygen atoms in total. The molecule has 0 aromatic carbocycles. The number of nitrogens with zero attached hydrogens (tertiary/aromatic N) is 4. The van der Waals surface area contributed by atoms with Crippen LogP contribution in [0.2, 0.25) is 0 Å². The van der Waals surface area contributed by atoms with Crippen molar-refractivity contribution < 1.29 is 0 Å². The lowest BCUT2D eigenvalue weighted by molar-refractivity contribution is 0.926. The van der Waals surface area contributed by atoms with Crippen LogP contribution in [0.25, 0.3) is 0 Å². The summed E-state index contributed by atoms with van der Waals surface area (Å²) in [6.07, 6.45) is 7.94. The van der Waals surface area contributed by atoms with Gasteiger partial charge in [-0.1, -0.05) is 0 Å². The monoisotopic (exact) mass is 200 g/mol. The number of aromatic nitrogens is 4. The number of aryl methyl sites for hydroxylation is 2. The lowest BCUT2D eigenvalue weighted by atomic mass is 10.2. The zero-order valence-electron chi connectivity index (χ0n) is 8.81. The predicted octanol–water partition coefficient (Wildman–Crippen LogP) is 1.47. The van der Waals surface area contributed by atoms with Gasteiger partial charge in [0.25, 0.3) is 0 Å². The maximum absolute atomic E-state index is 4.23. The first kappa shape index (κ1) is 9.71. The minimum absolute atomic E-state index is 0.681. The molecule has 2 heterocycles. The Balaban J connectivity index is 2.15. The van der Waals surface area contributed by atoms with Crippen LogP contribution in [0.4, 0.5) is 0 Å². The molecule has 0 fully saturated rings. The van der Waals surface area contributed by atoms with Crippen LogP contribution < -0.4 is 0 Å². The quantitative estimate of drug-likeness (QED) is 0.736. The van der Waals surface area contributed by atoms with Crippen LogP contribution in [0.3, 0.4) is 0 Å². The van der Waals surface area contributed by atoms with Crippen LogP contribution in [-0.4, -0.2) is 19.9 Å². The van der Waals surface area contributed by atoms with E-state index in [-0.39, 0.29) is 0 Å². The van der Waals surface area contributed by atoms with Crippen molar-refractivity contribution in [3.8, 4) is 0 Å². The second kappa shape index (κ2) is 4.13. The Morgan fingerprint density at radius 2 is 1.47 bits per heavy atom. The molecular weight excluding hydrogens is 188 g/mol. The summed E-state index contributed by atoms with van der Waals surface area (Å²) in [5.41, 5.74) is 2.10. The SMILES string of the molecule is Cc1cnc(Cc2cnc(C)nc2)nc1. The highest BCUT2D eigenvalue weighted by molar-refractivity contribution is 5.12. The van der Waals surface area contributed by atoms with Gasteiger partial charge in [0.2, 0.25) is 0 Å². The smallest absolute Gasteiger partial charge is 0.132 e. The standard InChI is InChI=1S/C11H12N4/c1-8-4-14-11(15-5-8)3-10-6-12-9(2)13-7-10/h4-7H,3H2,1-2H3. The van der Waals surface area contributed by atoms with Gasteiger partial charge in [-0.15, -0.1) is 0 Å². The van der Waals surface area contributed by atoms with Gasteiger partial charge in [0.15, 0.2) is 0 Å². The Morgan fingerprint density at radius 3 is 2.07 bits per heavy atom. The fourth-order valence-corrected chi connectivity index (χ4v) is 1.20. The van der Waals surface area contributed by atoms with Gasteiger partial charge in [-0.05, 0) is 25.0 Å². The van der Waals surface area contributed by atoms with Crippen molar-refractivity contribution in [1.29, 1.82) is 0 Å². The average Bonchev–Trinajstić information content (AvgIpc) is 2.25. The molecule has 0 aliphatic carbocycles. The van der Waals surface area contributed by atoms with Gasteiger partial charge in [-0.3, -0.25) is 0 Å². The number of hydrogen-bond acceptors (Lipinski definition) is 4. The van der Waals surface area contributed by atoms with Crippen molar-refractivity contribution in [3.63, 3.8) is 0 Å². The maximum atomic E-state index is 4.23. The van der Waals surface area contributed by atoms with Gasteiger partial charge in [0.1, 0.15) is 11.6 Å². The number of hydrogen-bond donors (Lipinski definition) is 0. The Labute approximate surface area is 88.5 Å². The third-order valence-corrected chi connectivity index (χ3v) is 2.03. The molecule has 0 aliphatic rings. The molecule has 0 amide bonds. The van der Waals surface area contributed by atoms with E-state index in [4.69, 9.17) is 0 Å². The molecule has 4 heteroatoms. The first-order valence-corrected chi connectivity index (χ1v) is 4.79. The molecular formula is C11H12N4. The largest absolute Gasteiger partial charge is 0.241 e. The topological polar surface area (TPSA) is 51.6 Å². The van der Waals surface area contributed by atoms with Crippen LogP contribution in [-0.2, 0) is 6.42 Å². The van der Waals surface area contributed by atoms with Gasteiger partial charge in [0.05, 0.1) is 0 Å². The summed E-state index contributed by atoms with van der Waals surface area (Å²) in [4.78, 5) is 16.7. The van der Waals surface area contributed by atoms with Gasteiger partial charge < -0.3 is 0 Å². The number of rotatable bonds is 2. The van der Waals surface area contributed by atoms with E-state index in [2.05, 4.69) is 19.9 Å². The van der Waals surface area contributed by atoms with Crippen LogP contribution in [0.1, 0.15) is 22.8 Å². The van der Waals surface area contributed by atoms with E-state index in [1.165, 1.54) is 0 Å². The fraction of sp³-hybridized carbons (Fsp3) is 0.273. The second-order valence-electron chi connectivity index (χ2n) is 3.49.